The van der Waals surface area contributed by atoms with E-state index in [1.807, 2.05) is 7.05 Å². The second-order valence-corrected chi connectivity index (χ2v) is 4.27. The molecule has 0 saturated carbocycles. The SMILES string of the molecule is CNCCN(C)C(=O)CCn1cc([N+](=O)[O-])nc1C.Cl. The Hall–Kier alpha value is -1.67. The van der Waals surface area contributed by atoms with Crippen molar-refractivity contribution in [1.29, 1.82) is 0 Å². The van der Waals surface area contributed by atoms with Gasteiger partial charge in [-0.25, -0.2) is 0 Å². The summed E-state index contributed by atoms with van der Waals surface area (Å²) in [4.78, 5) is 27.3. The number of hydrogen-bond acceptors (Lipinski definition) is 5. The van der Waals surface area contributed by atoms with Crippen molar-refractivity contribution < 1.29 is 9.72 Å². The molecular weight excluding hydrogens is 286 g/mol. The smallest absolute Gasteiger partial charge is 0.358 e. The first kappa shape index (κ1) is 18.3. The second-order valence-electron chi connectivity index (χ2n) is 4.27. The number of imidazole rings is 1. The number of nitrogens with one attached hydrogen (secondary N) is 1. The minimum atomic E-state index is -0.537. The van der Waals surface area contributed by atoms with Crippen LogP contribution < -0.4 is 5.32 Å². The topological polar surface area (TPSA) is 93.3 Å². The second kappa shape index (κ2) is 8.49. The summed E-state index contributed by atoms with van der Waals surface area (Å²) in [7, 11) is 3.56. The highest BCUT2D eigenvalue weighted by Crippen LogP contribution is 2.11. The highest BCUT2D eigenvalue weighted by Gasteiger charge is 2.16. The van der Waals surface area contributed by atoms with Crippen molar-refractivity contribution >= 4 is 24.1 Å². The van der Waals surface area contributed by atoms with Crippen molar-refractivity contribution in [3.63, 3.8) is 0 Å². The maximum absolute atomic E-state index is 11.8. The third-order valence-corrected chi connectivity index (χ3v) is 2.84. The molecule has 0 spiro atoms. The zero-order valence-electron chi connectivity index (χ0n) is 11.8. The number of nitrogens with zero attached hydrogens (tertiary/aromatic N) is 4. The molecule has 0 saturated heterocycles. The van der Waals surface area contributed by atoms with E-state index in [2.05, 4.69) is 10.3 Å². The lowest BCUT2D eigenvalue weighted by Gasteiger charge is -2.16. The van der Waals surface area contributed by atoms with E-state index >= 15 is 0 Å². The molecule has 1 rings (SSSR count). The van der Waals surface area contributed by atoms with E-state index in [0.717, 1.165) is 6.54 Å². The molecule has 0 aromatic carbocycles. The molecule has 1 aromatic rings. The van der Waals surface area contributed by atoms with Crippen molar-refractivity contribution in [1.82, 2.24) is 19.8 Å². The predicted molar refractivity (Wildman–Crippen MR) is 77.0 cm³/mol. The molecule has 1 N–H and O–H groups in total. The van der Waals surface area contributed by atoms with E-state index < -0.39 is 4.92 Å². The fourth-order valence-corrected chi connectivity index (χ4v) is 1.62. The van der Waals surface area contributed by atoms with Gasteiger partial charge in [0, 0.05) is 40.0 Å². The van der Waals surface area contributed by atoms with Crippen LogP contribution in [-0.4, -0.2) is 52.5 Å². The number of halogens is 1. The molecule has 114 valence electrons. The average Bonchev–Trinajstić information content (AvgIpc) is 2.74. The summed E-state index contributed by atoms with van der Waals surface area (Å²) < 4.78 is 1.63. The number of amides is 1. The summed E-state index contributed by atoms with van der Waals surface area (Å²) in [6, 6.07) is 0. The monoisotopic (exact) mass is 305 g/mol. The molecule has 0 fully saturated rings. The average molecular weight is 306 g/mol. The van der Waals surface area contributed by atoms with Gasteiger partial charge in [-0.05, 0) is 17.0 Å². The first-order valence-electron chi connectivity index (χ1n) is 6.02. The third-order valence-electron chi connectivity index (χ3n) is 2.84. The zero-order chi connectivity index (χ0) is 14.4. The minimum Gasteiger partial charge on any atom is -0.358 e. The number of aryl methyl sites for hydroxylation is 2. The van der Waals surface area contributed by atoms with Crippen LogP contribution in [0.1, 0.15) is 12.2 Å². The summed E-state index contributed by atoms with van der Waals surface area (Å²) in [6.07, 6.45) is 1.66. The fraction of sp³-hybridized carbons (Fsp3) is 0.636. The summed E-state index contributed by atoms with van der Waals surface area (Å²) in [5, 5.41) is 13.5. The van der Waals surface area contributed by atoms with E-state index in [9.17, 15) is 14.9 Å². The van der Waals surface area contributed by atoms with Gasteiger partial charge in [0.25, 0.3) is 0 Å². The Bertz CT molecular complexity index is 463. The molecule has 0 radical (unpaired) electrons. The van der Waals surface area contributed by atoms with E-state index in [4.69, 9.17) is 0 Å². The molecule has 0 bridgehead atoms. The van der Waals surface area contributed by atoms with Gasteiger partial charge in [0.05, 0.1) is 0 Å². The van der Waals surface area contributed by atoms with Gasteiger partial charge in [-0.3, -0.25) is 4.79 Å². The van der Waals surface area contributed by atoms with Gasteiger partial charge in [-0.2, -0.15) is 0 Å². The number of aromatic nitrogens is 2. The Morgan fingerprint density at radius 2 is 2.25 bits per heavy atom. The molecule has 0 aliphatic rings. The van der Waals surface area contributed by atoms with Crippen molar-refractivity contribution in [2.75, 3.05) is 27.2 Å². The Morgan fingerprint density at radius 1 is 1.60 bits per heavy atom. The van der Waals surface area contributed by atoms with Crippen LogP contribution in [0.25, 0.3) is 0 Å². The summed E-state index contributed by atoms with van der Waals surface area (Å²) in [6.45, 7) is 3.45. The molecule has 9 heteroatoms. The van der Waals surface area contributed by atoms with Gasteiger partial charge in [-0.1, -0.05) is 0 Å². The molecule has 0 aliphatic carbocycles. The Morgan fingerprint density at radius 3 is 2.75 bits per heavy atom. The summed E-state index contributed by atoms with van der Waals surface area (Å²) >= 11 is 0. The van der Waals surface area contributed by atoms with Crippen LogP contribution >= 0.6 is 12.4 Å². The predicted octanol–water partition coefficient (Wildman–Crippen LogP) is 0.589. The van der Waals surface area contributed by atoms with Crippen LogP contribution in [0.2, 0.25) is 0 Å². The fourth-order valence-electron chi connectivity index (χ4n) is 1.62. The molecule has 0 atom stereocenters. The highest BCUT2D eigenvalue weighted by molar-refractivity contribution is 5.85. The molecule has 0 unspecified atom stereocenters. The lowest BCUT2D eigenvalue weighted by Crippen LogP contribution is -2.33. The van der Waals surface area contributed by atoms with E-state index in [1.54, 1.807) is 23.4 Å². The normalized spacial score (nSPS) is 9.95. The maximum Gasteiger partial charge on any atom is 0.381 e. The van der Waals surface area contributed by atoms with Crippen molar-refractivity contribution in [3.8, 4) is 0 Å². The first-order chi connectivity index (χ1) is 8.95. The molecule has 1 amide bonds. The Kier molecular flexibility index (Phi) is 7.78. The van der Waals surface area contributed by atoms with Gasteiger partial charge in [0.1, 0.15) is 6.20 Å². The molecule has 1 heterocycles. The number of carbonyl (C=O) groups is 1. The van der Waals surface area contributed by atoms with Crippen LogP contribution in [0, 0.1) is 17.0 Å². The van der Waals surface area contributed by atoms with Gasteiger partial charge < -0.3 is 24.9 Å². The molecule has 0 aliphatic heterocycles. The number of likely N-dealkylation sites (N-methyl/N-ethyl adjacent to an activating group) is 2. The van der Waals surface area contributed by atoms with Crippen molar-refractivity contribution in [2.45, 2.75) is 19.9 Å². The lowest BCUT2D eigenvalue weighted by atomic mass is 10.3. The quantitative estimate of drug-likeness (QED) is 0.588. The van der Waals surface area contributed by atoms with Crippen LogP contribution in [0.5, 0.6) is 0 Å². The van der Waals surface area contributed by atoms with Crippen LogP contribution in [-0.2, 0) is 11.3 Å². The Balaban J connectivity index is 0.00000361. The van der Waals surface area contributed by atoms with Crippen LogP contribution in [0.4, 0.5) is 5.82 Å². The Labute approximate surface area is 123 Å². The molecular formula is C11H20ClN5O3. The maximum atomic E-state index is 11.8. The van der Waals surface area contributed by atoms with Gasteiger partial charge in [0.2, 0.25) is 11.7 Å². The van der Waals surface area contributed by atoms with Crippen molar-refractivity contribution in [2.24, 2.45) is 0 Å². The largest absolute Gasteiger partial charge is 0.381 e. The highest BCUT2D eigenvalue weighted by atomic mass is 35.5. The van der Waals surface area contributed by atoms with Gasteiger partial charge >= 0.3 is 5.82 Å². The number of rotatable bonds is 7. The number of hydrogen-bond donors (Lipinski definition) is 1. The number of nitro groups is 1. The van der Waals surface area contributed by atoms with Gasteiger partial charge in [-0.15, -0.1) is 12.4 Å². The first-order valence-corrected chi connectivity index (χ1v) is 6.02. The zero-order valence-corrected chi connectivity index (χ0v) is 12.6. The van der Waals surface area contributed by atoms with Gasteiger partial charge in [0.15, 0.2) is 0 Å². The van der Waals surface area contributed by atoms with Crippen molar-refractivity contribution in [3.05, 3.63) is 22.1 Å². The molecule has 1 aromatic heterocycles. The van der Waals surface area contributed by atoms with Crippen LogP contribution in [0.15, 0.2) is 6.20 Å². The third kappa shape index (κ3) is 5.14. The van der Waals surface area contributed by atoms with E-state index in [0.29, 0.717) is 25.3 Å². The van der Waals surface area contributed by atoms with Crippen LogP contribution in [0.3, 0.4) is 0 Å². The minimum absolute atomic E-state index is 0. The summed E-state index contributed by atoms with van der Waals surface area (Å²) in [5.41, 5.74) is 0. The lowest BCUT2D eigenvalue weighted by molar-refractivity contribution is -0.389. The molecule has 20 heavy (non-hydrogen) atoms. The number of carbonyl (C=O) groups excluding carboxylic acids is 1. The standard InChI is InChI=1S/C11H19N5O3.ClH/c1-9-13-10(16(18)19)8-15(9)6-4-11(17)14(3)7-5-12-2;/h8,12H,4-7H2,1-3H3;1H. The molecule has 8 nitrogen and oxygen atoms in total. The van der Waals surface area contributed by atoms with E-state index in [1.165, 1.54) is 6.20 Å². The van der Waals surface area contributed by atoms with E-state index in [-0.39, 0.29) is 24.1 Å². The summed E-state index contributed by atoms with van der Waals surface area (Å²) in [5.74, 6) is 0.358.